The van der Waals surface area contributed by atoms with Crippen LogP contribution in [0.25, 0.3) is 32.9 Å². The third-order valence-electron chi connectivity index (χ3n) is 5.85. The van der Waals surface area contributed by atoms with Gasteiger partial charge >= 0.3 is 13.5 Å². The van der Waals surface area contributed by atoms with Crippen molar-refractivity contribution in [3.05, 3.63) is 88.9 Å². The molecule has 0 saturated carbocycles. The lowest BCUT2D eigenvalue weighted by molar-refractivity contribution is 0.0703. The molecule has 2 aromatic carbocycles. The van der Waals surface area contributed by atoms with Crippen molar-refractivity contribution in [1.82, 2.24) is 4.98 Å². The average Bonchev–Trinajstić information content (AvgIpc) is 3.54. The Kier molecular flexibility index (Phi) is 6.92. The number of carboxylic acids is 1. The molecule has 1 unspecified atom stereocenters. The Bertz CT molecular complexity index is 1600. The number of anilines is 1. The summed E-state index contributed by atoms with van der Waals surface area (Å²) in [5.41, 5.74) is 3.49. The predicted molar refractivity (Wildman–Crippen MR) is 148 cm³/mol. The van der Waals surface area contributed by atoms with Crippen molar-refractivity contribution < 1.29 is 23.4 Å². The quantitative estimate of drug-likeness (QED) is 0.198. The molecule has 0 aliphatic carbocycles. The third-order valence-corrected chi connectivity index (χ3v) is 9.83. The highest BCUT2D eigenvalue weighted by molar-refractivity contribution is 7.68. The fraction of sp³-hybridized carbons (Fsp3) is 0.111. The van der Waals surface area contributed by atoms with Crippen LogP contribution in [-0.4, -0.2) is 29.7 Å². The van der Waals surface area contributed by atoms with Crippen molar-refractivity contribution in [2.75, 3.05) is 18.3 Å². The maximum Gasteiger partial charge on any atom is 0.348 e. The lowest BCUT2D eigenvalue weighted by Gasteiger charge is -2.29. The van der Waals surface area contributed by atoms with E-state index >= 15 is 0 Å². The molecule has 0 spiro atoms. The summed E-state index contributed by atoms with van der Waals surface area (Å²) in [6.07, 6.45) is 1.72. The van der Waals surface area contributed by atoms with Crippen molar-refractivity contribution in [2.45, 2.75) is 6.92 Å². The number of hydrogen-bond donors (Lipinski definition) is 1. The predicted octanol–water partition coefficient (Wildman–Crippen LogP) is 7.57. The Morgan fingerprint density at radius 3 is 2.46 bits per heavy atom. The number of benzene rings is 2. The van der Waals surface area contributed by atoms with Gasteiger partial charge < -0.3 is 14.0 Å². The number of halogens is 1. The van der Waals surface area contributed by atoms with Gasteiger partial charge in [-0.2, -0.15) is 0 Å². The molecule has 0 saturated heterocycles. The average molecular weight is 553 g/mol. The largest absolute Gasteiger partial charge is 0.477 e. The zero-order valence-electron chi connectivity index (χ0n) is 19.9. The van der Waals surface area contributed by atoms with Crippen LogP contribution < -0.4 is 9.97 Å². The van der Waals surface area contributed by atoms with E-state index in [-0.39, 0.29) is 11.5 Å². The van der Waals surface area contributed by atoms with Crippen LogP contribution in [-0.2, 0) is 9.09 Å². The van der Waals surface area contributed by atoms with Crippen LogP contribution in [0.3, 0.4) is 0 Å². The summed E-state index contributed by atoms with van der Waals surface area (Å²) < 4.78 is 27.2. The zero-order valence-corrected chi connectivity index (χ0v) is 22.4. The molecule has 7 nitrogen and oxygen atoms in total. The summed E-state index contributed by atoms with van der Waals surface area (Å²) >= 11 is 7.13. The first-order valence-electron chi connectivity index (χ1n) is 11.4. The number of nitrogens with zero attached hydrogens (tertiary/aromatic N) is 2. The van der Waals surface area contributed by atoms with Crippen molar-refractivity contribution >= 4 is 58.5 Å². The van der Waals surface area contributed by atoms with Crippen molar-refractivity contribution in [1.29, 1.82) is 0 Å². The third kappa shape index (κ3) is 4.81. The molecule has 0 bridgehead atoms. The van der Waals surface area contributed by atoms with Crippen LogP contribution in [0.15, 0.2) is 83.4 Å². The van der Waals surface area contributed by atoms with Crippen LogP contribution in [0.2, 0.25) is 5.02 Å². The molecule has 0 amide bonds. The number of fused-ring (bicyclic) bond motifs is 1. The molecule has 188 valence electrons. The van der Waals surface area contributed by atoms with Gasteiger partial charge in [0.2, 0.25) is 0 Å². The Morgan fingerprint density at radius 1 is 1.11 bits per heavy atom. The Hall–Kier alpha value is -3.42. The minimum atomic E-state index is -3.61. The number of carboxylic acid groups (broad SMARTS) is 1. The van der Waals surface area contributed by atoms with E-state index in [9.17, 15) is 14.5 Å². The molecule has 3 heterocycles. The normalized spacial score (nSPS) is 12.9. The van der Waals surface area contributed by atoms with Crippen LogP contribution >= 0.6 is 30.5 Å². The maximum absolute atomic E-state index is 14.1. The number of thiophene rings is 1. The summed E-state index contributed by atoms with van der Waals surface area (Å²) in [4.78, 5) is 17.3. The summed E-state index contributed by atoms with van der Waals surface area (Å²) in [6, 6.07) is 21.5. The Balaban J connectivity index is 1.51. The molecular formula is C27H22ClN2O5PS. The van der Waals surface area contributed by atoms with Crippen LogP contribution in [0.4, 0.5) is 5.69 Å². The minimum Gasteiger partial charge on any atom is -0.477 e. The molecule has 1 N–H and O–H groups in total. The molecule has 0 fully saturated rings. The first-order valence-corrected chi connectivity index (χ1v) is 14.1. The number of aromatic carboxylic acids is 1. The van der Waals surface area contributed by atoms with E-state index in [1.807, 2.05) is 42.5 Å². The van der Waals surface area contributed by atoms with Gasteiger partial charge in [0.1, 0.15) is 16.2 Å². The van der Waals surface area contributed by atoms with Gasteiger partial charge in [0.25, 0.3) is 0 Å². The molecular weight excluding hydrogens is 531 g/mol. The standard InChI is InChI=1S/C27H22ClN2O5PS/c1-3-34-36(33,20-12-10-19(28)11-13-20)30(2)22-16-25(37-26(22)27(31)32)18-8-6-17(7-9-18)24-15-21-23(35-24)5-4-14-29-21/h4-16H,3H2,1-2H3,(H,31,32). The van der Waals surface area contributed by atoms with Gasteiger partial charge in [0.15, 0.2) is 5.58 Å². The lowest BCUT2D eigenvalue weighted by atomic mass is 10.1. The molecule has 5 aromatic rings. The second kappa shape index (κ2) is 10.1. The highest BCUT2D eigenvalue weighted by Gasteiger charge is 2.35. The smallest absolute Gasteiger partial charge is 0.348 e. The molecule has 0 aliphatic rings. The van der Waals surface area contributed by atoms with Gasteiger partial charge in [-0.1, -0.05) is 35.9 Å². The van der Waals surface area contributed by atoms with Crippen LogP contribution in [0.5, 0.6) is 0 Å². The molecule has 0 radical (unpaired) electrons. The Morgan fingerprint density at radius 2 is 1.81 bits per heavy atom. The fourth-order valence-electron chi connectivity index (χ4n) is 4.01. The minimum absolute atomic E-state index is 0.0684. The molecule has 3 aromatic heterocycles. The number of aromatic nitrogens is 1. The van der Waals surface area contributed by atoms with Crippen LogP contribution in [0, 0.1) is 0 Å². The van der Waals surface area contributed by atoms with Crippen molar-refractivity contribution in [3.63, 3.8) is 0 Å². The van der Waals surface area contributed by atoms with E-state index in [1.54, 1.807) is 50.5 Å². The number of rotatable bonds is 8. The number of furan rings is 1. The maximum atomic E-state index is 14.1. The van der Waals surface area contributed by atoms with Crippen LogP contribution in [0.1, 0.15) is 16.6 Å². The lowest BCUT2D eigenvalue weighted by Crippen LogP contribution is -2.24. The second-order valence-electron chi connectivity index (χ2n) is 8.14. The van der Waals surface area contributed by atoms with Gasteiger partial charge in [-0.15, -0.1) is 11.3 Å². The number of carbonyl (C=O) groups is 1. The Labute approximate surface area is 222 Å². The van der Waals surface area contributed by atoms with Gasteiger partial charge in [-0.3, -0.25) is 14.2 Å². The SMILES string of the molecule is CCOP(=O)(c1ccc(Cl)cc1)N(C)c1cc(-c2ccc(-c3cc4ncccc4o3)cc2)sc1C(=O)O. The first kappa shape index (κ1) is 25.2. The molecule has 0 aliphatic heterocycles. The van der Waals surface area contributed by atoms with Gasteiger partial charge in [-0.25, -0.2) is 4.79 Å². The summed E-state index contributed by atoms with van der Waals surface area (Å²) in [5, 5.41) is 10.9. The van der Waals surface area contributed by atoms with Gasteiger partial charge in [0, 0.05) is 34.8 Å². The second-order valence-corrected chi connectivity index (χ2v) is 12.0. The highest BCUT2D eigenvalue weighted by Crippen LogP contribution is 2.53. The highest BCUT2D eigenvalue weighted by atomic mass is 35.5. The molecule has 10 heteroatoms. The summed E-state index contributed by atoms with van der Waals surface area (Å²) in [6.45, 7) is 1.93. The van der Waals surface area contributed by atoms with E-state index in [2.05, 4.69) is 4.98 Å². The van der Waals surface area contributed by atoms with E-state index in [0.717, 1.165) is 32.9 Å². The summed E-state index contributed by atoms with van der Waals surface area (Å²) in [7, 11) is -2.03. The first-order chi connectivity index (χ1) is 17.8. The summed E-state index contributed by atoms with van der Waals surface area (Å²) in [5.74, 6) is -0.414. The molecule has 37 heavy (non-hydrogen) atoms. The molecule has 1 atom stereocenters. The molecule has 5 rings (SSSR count). The van der Waals surface area contributed by atoms with E-state index < -0.39 is 13.5 Å². The number of hydrogen-bond acceptors (Lipinski definition) is 6. The topological polar surface area (TPSA) is 92.9 Å². The van der Waals surface area contributed by atoms with E-state index in [4.69, 9.17) is 20.5 Å². The monoisotopic (exact) mass is 552 g/mol. The van der Waals surface area contributed by atoms with Crippen molar-refractivity contribution in [2.24, 2.45) is 0 Å². The van der Waals surface area contributed by atoms with E-state index in [1.165, 1.54) is 4.67 Å². The van der Waals surface area contributed by atoms with Gasteiger partial charge in [-0.05, 0) is 55.0 Å². The zero-order chi connectivity index (χ0) is 26.2. The van der Waals surface area contributed by atoms with Gasteiger partial charge in [0.05, 0.1) is 17.6 Å². The van der Waals surface area contributed by atoms with E-state index in [0.29, 0.717) is 27.4 Å². The van der Waals surface area contributed by atoms with Crippen molar-refractivity contribution in [3.8, 4) is 21.8 Å². The number of pyridine rings is 1. The fourth-order valence-corrected chi connectivity index (χ4v) is 7.22.